The number of ether oxygens (including phenoxy) is 1. The molecule has 0 fully saturated rings. The lowest BCUT2D eigenvalue weighted by atomic mass is 10.0. The van der Waals surface area contributed by atoms with Gasteiger partial charge in [-0.1, -0.05) is 26.0 Å². The molecule has 104 valence electrons. The summed E-state index contributed by atoms with van der Waals surface area (Å²) < 4.78 is 4.72. The molecule has 1 aromatic rings. The van der Waals surface area contributed by atoms with Gasteiger partial charge in [-0.25, -0.2) is 5.43 Å². The Morgan fingerprint density at radius 2 is 1.84 bits per heavy atom. The van der Waals surface area contributed by atoms with Gasteiger partial charge in [0.25, 0.3) is 5.91 Å². The molecule has 19 heavy (non-hydrogen) atoms. The molecular formula is C14H20N2O3. The summed E-state index contributed by atoms with van der Waals surface area (Å²) in [6.07, 6.45) is 0. The number of esters is 1. The van der Waals surface area contributed by atoms with Crippen LogP contribution < -0.4 is 10.9 Å². The molecule has 1 amide bonds. The number of nitrogens with one attached hydrogen (secondary N) is 2. The third-order valence-corrected chi connectivity index (χ3v) is 2.58. The van der Waals surface area contributed by atoms with E-state index in [1.54, 1.807) is 19.1 Å². The lowest BCUT2D eigenvalue weighted by molar-refractivity contribution is -0.142. The maximum Gasteiger partial charge on any atom is 0.321 e. The molecule has 0 aliphatic rings. The van der Waals surface area contributed by atoms with Gasteiger partial charge >= 0.3 is 5.97 Å². The van der Waals surface area contributed by atoms with Crippen LogP contribution in [0, 0.1) is 0 Å². The van der Waals surface area contributed by atoms with E-state index < -0.39 is 5.97 Å². The Morgan fingerprint density at radius 1 is 1.21 bits per heavy atom. The van der Waals surface area contributed by atoms with E-state index >= 15 is 0 Å². The van der Waals surface area contributed by atoms with Gasteiger partial charge in [0, 0.05) is 5.56 Å². The third-order valence-electron chi connectivity index (χ3n) is 2.58. The first-order valence-electron chi connectivity index (χ1n) is 6.33. The number of hydrogen-bond acceptors (Lipinski definition) is 4. The SMILES string of the molecule is CCOC(=O)CNNC(=O)c1ccc(C(C)C)cc1. The van der Waals surface area contributed by atoms with E-state index in [-0.39, 0.29) is 12.5 Å². The summed E-state index contributed by atoms with van der Waals surface area (Å²) in [5.41, 5.74) is 6.70. The second-order valence-electron chi connectivity index (χ2n) is 4.39. The van der Waals surface area contributed by atoms with Crippen molar-refractivity contribution >= 4 is 11.9 Å². The fourth-order valence-electron chi connectivity index (χ4n) is 1.50. The quantitative estimate of drug-likeness (QED) is 0.605. The molecule has 0 saturated heterocycles. The predicted molar refractivity (Wildman–Crippen MR) is 72.6 cm³/mol. The minimum Gasteiger partial charge on any atom is -0.465 e. The van der Waals surface area contributed by atoms with E-state index in [9.17, 15) is 9.59 Å². The molecule has 0 spiro atoms. The molecule has 2 N–H and O–H groups in total. The Morgan fingerprint density at radius 3 is 2.37 bits per heavy atom. The molecule has 0 aliphatic carbocycles. The van der Waals surface area contributed by atoms with Crippen molar-refractivity contribution in [2.24, 2.45) is 0 Å². The van der Waals surface area contributed by atoms with Crippen molar-refractivity contribution in [3.63, 3.8) is 0 Å². The highest BCUT2D eigenvalue weighted by Gasteiger charge is 2.07. The van der Waals surface area contributed by atoms with E-state index in [1.807, 2.05) is 12.1 Å². The zero-order valence-electron chi connectivity index (χ0n) is 11.5. The minimum atomic E-state index is -0.405. The summed E-state index contributed by atoms with van der Waals surface area (Å²) in [4.78, 5) is 22.8. The van der Waals surface area contributed by atoms with E-state index in [1.165, 1.54) is 5.56 Å². The maximum absolute atomic E-state index is 11.7. The van der Waals surface area contributed by atoms with E-state index in [2.05, 4.69) is 24.7 Å². The number of amides is 1. The highest BCUT2D eigenvalue weighted by Crippen LogP contribution is 2.14. The molecular weight excluding hydrogens is 244 g/mol. The van der Waals surface area contributed by atoms with Gasteiger partial charge in [-0.3, -0.25) is 15.0 Å². The fraction of sp³-hybridized carbons (Fsp3) is 0.429. The van der Waals surface area contributed by atoms with Gasteiger partial charge in [-0.15, -0.1) is 0 Å². The van der Waals surface area contributed by atoms with Gasteiger partial charge < -0.3 is 4.74 Å². The monoisotopic (exact) mass is 264 g/mol. The summed E-state index contributed by atoms with van der Waals surface area (Å²) in [6, 6.07) is 7.36. The third kappa shape index (κ3) is 5.09. The van der Waals surface area contributed by atoms with Crippen LogP contribution >= 0.6 is 0 Å². The van der Waals surface area contributed by atoms with Crippen LogP contribution in [0.4, 0.5) is 0 Å². The average Bonchev–Trinajstić information content (AvgIpc) is 2.39. The van der Waals surface area contributed by atoms with Crippen molar-refractivity contribution in [1.29, 1.82) is 0 Å². The van der Waals surface area contributed by atoms with Gasteiger partial charge in [0.1, 0.15) is 6.54 Å². The van der Waals surface area contributed by atoms with Gasteiger partial charge in [-0.05, 0) is 30.5 Å². The van der Waals surface area contributed by atoms with Crippen molar-refractivity contribution in [1.82, 2.24) is 10.9 Å². The van der Waals surface area contributed by atoms with Gasteiger partial charge in [0.05, 0.1) is 6.61 Å². The summed E-state index contributed by atoms with van der Waals surface area (Å²) in [6.45, 7) is 6.19. The Hall–Kier alpha value is -1.88. The molecule has 1 aromatic carbocycles. The zero-order valence-corrected chi connectivity index (χ0v) is 11.5. The Bertz CT molecular complexity index is 427. The van der Waals surface area contributed by atoms with Crippen molar-refractivity contribution in [3.05, 3.63) is 35.4 Å². The van der Waals surface area contributed by atoms with E-state index in [4.69, 9.17) is 4.74 Å². The molecule has 0 unspecified atom stereocenters. The van der Waals surface area contributed by atoms with Crippen LogP contribution in [-0.2, 0) is 9.53 Å². The number of carbonyl (C=O) groups excluding carboxylic acids is 2. The largest absolute Gasteiger partial charge is 0.465 e. The topological polar surface area (TPSA) is 67.4 Å². The van der Waals surface area contributed by atoms with Crippen LogP contribution in [0.15, 0.2) is 24.3 Å². The smallest absolute Gasteiger partial charge is 0.321 e. The highest BCUT2D eigenvalue weighted by atomic mass is 16.5. The van der Waals surface area contributed by atoms with E-state index in [0.29, 0.717) is 18.1 Å². The first-order valence-corrected chi connectivity index (χ1v) is 6.33. The molecule has 0 heterocycles. The second-order valence-corrected chi connectivity index (χ2v) is 4.39. The Kier molecular flexibility index (Phi) is 6.02. The Balaban J connectivity index is 2.43. The minimum absolute atomic E-state index is 0.0519. The summed E-state index contributed by atoms with van der Waals surface area (Å²) in [5.74, 6) is -0.253. The zero-order chi connectivity index (χ0) is 14.3. The highest BCUT2D eigenvalue weighted by molar-refractivity contribution is 5.94. The number of benzene rings is 1. The second kappa shape index (κ2) is 7.53. The standard InChI is InChI=1S/C14H20N2O3/c1-4-19-13(17)9-15-16-14(18)12-7-5-11(6-8-12)10(2)3/h5-8,10,15H,4,9H2,1-3H3,(H,16,18). The van der Waals surface area contributed by atoms with E-state index in [0.717, 1.165) is 0 Å². The predicted octanol–water partition coefficient (Wildman–Crippen LogP) is 1.61. The molecule has 0 atom stereocenters. The molecule has 0 aliphatic heterocycles. The lowest BCUT2D eigenvalue weighted by Gasteiger charge is -2.08. The number of hydrazine groups is 1. The van der Waals surface area contributed by atoms with Crippen LogP contribution in [0.1, 0.15) is 42.6 Å². The molecule has 5 heteroatoms. The van der Waals surface area contributed by atoms with Crippen molar-refractivity contribution in [2.45, 2.75) is 26.7 Å². The molecule has 5 nitrogen and oxygen atoms in total. The molecule has 0 saturated carbocycles. The molecule has 1 rings (SSSR count). The number of rotatable bonds is 6. The number of hydrogen-bond donors (Lipinski definition) is 2. The molecule has 0 bridgehead atoms. The molecule has 0 aromatic heterocycles. The molecule has 0 radical (unpaired) electrons. The first kappa shape index (κ1) is 15.2. The van der Waals surface area contributed by atoms with Crippen molar-refractivity contribution in [3.8, 4) is 0 Å². The van der Waals surface area contributed by atoms with Crippen LogP contribution in [0.25, 0.3) is 0 Å². The van der Waals surface area contributed by atoms with Crippen LogP contribution in [0.5, 0.6) is 0 Å². The van der Waals surface area contributed by atoms with Crippen molar-refractivity contribution in [2.75, 3.05) is 13.2 Å². The van der Waals surface area contributed by atoms with Crippen LogP contribution in [0.2, 0.25) is 0 Å². The summed E-state index contributed by atoms with van der Waals surface area (Å²) in [7, 11) is 0. The van der Waals surface area contributed by atoms with Gasteiger partial charge in [-0.2, -0.15) is 0 Å². The van der Waals surface area contributed by atoms with Gasteiger partial charge in [0.2, 0.25) is 0 Å². The lowest BCUT2D eigenvalue weighted by Crippen LogP contribution is -2.41. The Labute approximate surface area is 113 Å². The normalized spacial score (nSPS) is 10.3. The average molecular weight is 264 g/mol. The van der Waals surface area contributed by atoms with Crippen LogP contribution in [-0.4, -0.2) is 25.0 Å². The summed E-state index contributed by atoms with van der Waals surface area (Å²) in [5, 5.41) is 0. The van der Waals surface area contributed by atoms with Crippen LogP contribution in [0.3, 0.4) is 0 Å². The van der Waals surface area contributed by atoms with Crippen molar-refractivity contribution < 1.29 is 14.3 Å². The number of carbonyl (C=O) groups is 2. The fourth-order valence-corrected chi connectivity index (χ4v) is 1.50. The first-order chi connectivity index (χ1) is 9.04. The van der Waals surface area contributed by atoms with Gasteiger partial charge in [0.15, 0.2) is 0 Å². The maximum atomic E-state index is 11.7. The summed E-state index contributed by atoms with van der Waals surface area (Å²) >= 11 is 0.